The van der Waals surface area contributed by atoms with Crippen molar-refractivity contribution in [1.82, 2.24) is 10.1 Å². The van der Waals surface area contributed by atoms with Crippen molar-refractivity contribution in [3.05, 3.63) is 11.7 Å². The molecule has 0 saturated heterocycles. The second kappa shape index (κ2) is 4.95. The van der Waals surface area contributed by atoms with Crippen LogP contribution in [0.5, 0.6) is 0 Å². The number of aromatic nitrogens is 2. The molecule has 1 aliphatic carbocycles. The van der Waals surface area contributed by atoms with E-state index in [0.717, 1.165) is 5.82 Å². The molecular weight excluding hydrogens is 204 g/mol. The molecule has 0 amide bonds. The number of aliphatic hydroxyl groups excluding tert-OH is 1. The van der Waals surface area contributed by atoms with E-state index in [4.69, 9.17) is 4.52 Å². The van der Waals surface area contributed by atoms with Crippen LogP contribution in [0.1, 0.15) is 69.5 Å². The average Bonchev–Trinajstić information content (AvgIpc) is 2.78. The Morgan fingerprint density at radius 3 is 2.56 bits per heavy atom. The Balaban J connectivity index is 2.06. The zero-order valence-electron chi connectivity index (χ0n) is 10.0. The molecule has 2 rings (SSSR count). The molecule has 2 unspecified atom stereocenters. The normalized spacial score (nSPS) is 21.9. The zero-order chi connectivity index (χ0) is 11.5. The third-order valence-electron chi connectivity index (χ3n) is 3.54. The maximum Gasteiger partial charge on any atom is 0.232 e. The van der Waals surface area contributed by atoms with Gasteiger partial charge in [-0.05, 0) is 19.8 Å². The van der Waals surface area contributed by atoms with E-state index in [1.807, 2.05) is 6.92 Å². The fraction of sp³-hybridized carbons (Fsp3) is 0.833. The topological polar surface area (TPSA) is 59.2 Å². The van der Waals surface area contributed by atoms with Crippen LogP contribution in [0.4, 0.5) is 0 Å². The van der Waals surface area contributed by atoms with Crippen molar-refractivity contribution in [1.29, 1.82) is 0 Å². The minimum absolute atomic E-state index is 0.0789. The Morgan fingerprint density at radius 2 is 1.94 bits per heavy atom. The molecule has 0 aromatic carbocycles. The van der Waals surface area contributed by atoms with Gasteiger partial charge in [0.15, 0.2) is 5.82 Å². The van der Waals surface area contributed by atoms with Crippen LogP contribution >= 0.6 is 0 Å². The molecule has 90 valence electrons. The van der Waals surface area contributed by atoms with Crippen molar-refractivity contribution in [3.8, 4) is 0 Å². The summed E-state index contributed by atoms with van der Waals surface area (Å²) >= 11 is 0. The van der Waals surface area contributed by atoms with Crippen LogP contribution < -0.4 is 0 Å². The Hall–Kier alpha value is -0.900. The molecule has 0 bridgehead atoms. The molecule has 0 aliphatic heterocycles. The van der Waals surface area contributed by atoms with Gasteiger partial charge in [0.05, 0.1) is 12.0 Å². The largest absolute Gasteiger partial charge is 0.393 e. The maximum absolute atomic E-state index is 9.47. The summed E-state index contributed by atoms with van der Waals surface area (Å²) in [5.41, 5.74) is 0. The summed E-state index contributed by atoms with van der Waals surface area (Å²) in [6, 6.07) is 0. The van der Waals surface area contributed by atoms with Crippen LogP contribution in [0, 0.1) is 0 Å². The molecule has 1 aromatic heterocycles. The molecule has 1 N–H and O–H groups in total. The lowest BCUT2D eigenvalue weighted by Crippen LogP contribution is -2.12. The first-order valence-corrected chi connectivity index (χ1v) is 6.20. The Morgan fingerprint density at radius 1 is 1.25 bits per heavy atom. The van der Waals surface area contributed by atoms with Gasteiger partial charge in [0.2, 0.25) is 5.89 Å². The lowest BCUT2D eigenvalue weighted by molar-refractivity contribution is 0.151. The highest BCUT2D eigenvalue weighted by molar-refractivity contribution is 5.00. The molecule has 4 nitrogen and oxygen atoms in total. The first-order chi connectivity index (χ1) is 7.68. The third-order valence-corrected chi connectivity index (χ3v) is 3.54. The minimum atomic E-state index is -0.445. The third kappa shape index (κ3) is 2.43. The van der Waals surface area contributed by atoms with Gasteiger partial charge in [-0.1, -0.05) is 31.3 Å². The molecule has 0 spiro atoms. The monoisotopic (exact) mass is 224 g/mol. The van der Waals surface area contributed by atoms with E-state index in [-0.39, 0.29) is 5.92 Å². The van der Waals surface area contributed by atoms with Crippen LogP contribution in [0.15, 0.2) is 4.52 Å². The molecule has 1 aromatic rings. The predicted molar refractivity (Wildman–Crippen MR) is 60.2 cm³/mol. The van der Waals surface area contributed by atoms with Gasteiger partial charge in [-0.15, -0.1) is 0 Å². The number of aliphatic hydroxyl groups is 1. The summed E-state index contributed by atoms with van der Waals surface area (Å²) in [6.45, 7) is 3.65. The van der Waals surface area contributed by atoms with Gasteiger partial charge in [0.25, 0.3) is 0 Å². The first-order valence-electron chi connectivity index (χ1n) is 6.20. The van der Waals surface area contributed by atoms with E-state index >= 15 is 0 Å². The van der Waals surface area contributed by atoms with Gasteiger partial charge in [0, 0.05) is 5.92 Å². The number of rotatable bonds is 3. The van der Waals surface area contributed by atoms with Gasteiger partial charge in [-0.2, -0.15) is 4.98 Å². The number of nitrogens with zero attached hydrogens (tertiary/aromatic N) is 2. The average molecular weight is 224 g/mol. The van der Waals surface area contributed by atoms with E-state index in [1.165, 1.54) is 32.1 Å². The van der Waals surface area contributed by atoms with E-state index in [2.05, 4.69) is 10.1 Å². The quantitative estimate of drug-likeness (QED) is 0.857. The molecular formula is C12H20N2O2. The Labute approximate surface area is 96.1 Å². The highest BCUT2D eigenvalue weighted by Gasteiger charge is 2.24. The standard InChI is InChI=1S/C12H20N2O2/c1-8(9(2)15)12-13-11(14-16-12)10-6-4-3-5-7-10/h8-10,15H,3-7H2,1-2H3. The lowest BCUT2D eigenvalue weighted by Gasteiger charge is -2.17. The van der Waals surface area contributed by atoms with Crippen LogP contribution in [0.2, 0.25) is 0 Å². The minimum Gasteiger partial charge on any atom is -0.393 e. The molecule has 1 saturated carbocycles. The predicted octanol–water partition coefficient (Wildman–Crippen LogP) is 2.60. The first kappa shape index (κ1) is 11.6. The van der Waals surface area contributed by atoms with Crippen molar-refractivity contribution in [2.24, 2.45) is 0 Å². The summed E-state index contributed by atoms with van der Waals surface area (Å²) < 4.78 is 5.22. The molecule has 4 heteroatoms. The SMILES string of the molecule is CC(O)C(C)c1nc(C2CCCCC2)no1. The summed E-state index contributed by atoms with van der Waals surface area (Å²) in [7, 11) is 0. The maximum atomic E-state index is 9.47. The molecule has 1 fully saturated rings. The van der Waals surface area contributed by atoms with Crippen LogP contribution in [0.25, 0.3) is 0 Å². The molecule has 2 atom stereocenters. The molecule has 1 heterocycles. The summed E-state index contributed by atoms with van der Waals surface area (Å²) in [5, 5.41) is 13.5. The second-order valence-corrected chi connectivity index (χ2v) is 4.86. The fourth-order valence-corrected chi connectivity index (χ4v) is 2.17. The van der Waals surface area contributed by atoms with E-state index < -0.39 is 6.10 Å². The summed E-state index contributed by atoms with van der Waals surface area (Å²) in [5.74, 6) is 1.79. The summed E-state index contributed by atoms with van der Waals surface area (Å²) in [4.78, 5) is 4.42. The smallest absolute Gasteiger partial charge is 0.232 e. The van der Waals surface area contributed by atoms with E-state index in [0.29, 0.717) is 11.8 Å². The van der Waals surface area contributed by atoms with Gasteiger partial charge in [-0.3, -0.25) is 0 Å². The van der Waals surface area contributed by atoms with Crippen molar-refractivity contribution in [3.63, 3.8) is 0 Å². The van der Waals surface area contributed by atoms with Crippen molar-refractivity contribution in [2.45, 2.75) is 63.9 Å². The highest BCUT2D eigenvalue weighted by Crippen LogP contribution is 2.31. The Bertz CT molecular complexity index is 330. The molecule has 16 heavy (non-hydrogen) atoms. The van der Waals surface area contributed by atoms with E-state index in [1.54, 1.807) is 6.92 Å². The van der Waals surface area contributed by atoms with Crippen LogP contribution in [0.3, 0.4) is 0 Å². The van der Waals surface area contributed by atoms with Crippen LogP contribution in [-0.2, 0) is 0 Å². The van der Waals surface area contributed by atoms with Crippen molar-refractivity contribution >= 4 is 0 Å². The van der Waals surface area contributed by atoms with Gasteiger partial charge >= 0.3 is 0 Å². The fourth-order valence-electron chi connectivity index (χ4n) is 2.17. The van der Waals surface area contributed by atoms with Gasteiger partial charge in [-0.25, -0.2) is 0 Å². The van der Waals surface area contributed by atoms with E-state index in [9.17, 15) is 5.11 Å². The molecule has 1 aliphatic rings. The number of hydrogen-bond donors (Lipinski definition) is 1. The number of hydrogen-bond acceptors (Lipinski definition) is 4. The van der Waals surface area contributed by atoms with Crippen molar-refractivity contribution < 1.29 is 9.63 Å². The lowest BCUT2D eigenvalue weighted by atomic mass is 9.89. The van der Waals surface area contributed by atoms with Gasteiger partial charge in [0.1, 0.15) is 0 Å². The summed E-state index contributed by atoms with van der Waals surface area (Å²) in [6.07, 6.45) is 5.75. The van der Waals surface area contributed by atoms with Crippen LogP contribution in [-0.4, -0.2) is 21.4 Å². The highest BCUT2D eigenvalue weighted by atomic mass is 16.5. The molecule has 0 radical (unpaired) electrons. The Kier molecular flexibility index (Phi) is 3.59. The van der Waals surface area contributed by atoms with Crippen molar-refractivity contribution in [2.75, 3.05) is 0 Å². The zero-order valence-corrected chi connectivity index (χ0v) is 10.0. The second-order valence-electron chi connectivity index (χ2n) is 4.86. The van der Waals surface area contributed by atoms with Gasteiger partial charge < -0.3 is 9.63 Å².